The van der Waals surface area contributed by atoms with Crippen molar-refractivity contribution in [2.75, 3.05) is 33.3 Å². The van der Waals surface area contributed by atoms with E-state index < -0.39 is 0 Å². The summed E-state index contributed by atoms with van der Waals surface area (Å²) in [5, 5.41) is 6.87. The van der Waals surface area contributed by atoms with Crippen molar-refractivity contribution in [1.29, 1.82) is 0 Å². The van der Waals surface area contributed by atoms with Gasteiger partial charge in [0.25, 0.3) is 0 Å². The number of hydrogen-bond donors (Lipinski definition) is 1. The van der Waals surface area contributed by atoms with E-state index in [2.05, 4.69) is 15.6 Å². The second-order valence-electron chi connectivity index (χ2n) is 7.40. The molecule has 31 heavy (non-hydrogen) atoms. The number of thiazole rings is 1. The Morgan fingerprint density at radius 1 is 1.10 bits per heavy atom. The largest absolute Gasteiger partial charge is 0.497 e. The fourth-order valence-electron chi connectivity index (χ4n) is 3.47. The van der Waals surface area contributed by atoms with Gasteiger partial charge in [-0.05, 0) is 42.0 Å². The van der Waals surface area contributed by atoms with Gasteiger partial charge in [-0.25, -0.2) is 9.78 Å². The van der Waals surface area contributed by atoms with Crippen LogP contribution in [0.15, 0.2) is 53.9 Å². The fourth-order valence-corrected chi connectivity index (χ4v) is 4.44. The first-order chi connectivity index (χ1) is 15.1. The minimum atomic E-state index is -0.0226. The molecule has 2 heterocycles. The summed E-state index contributed by atoms with van der Waals surface area (Å²) in [5.41, 5.74) is 3.11. The van der Waals surface area contributed by atoms with E-state index in [9.17, 15) is 4.79 Å². The van der Waals surface area contributed by atoms with Crippen molar-refractivity contribution in [3.8, 4) is 17.0 Å². The molecule has 0 saturated carbocycles. The Morgan fingerprint density at radius 2 is 1.81 bits per heavy atom. The summed E-state index contributed by atoms with van der Waals surface area (Å²) in [4.78, 5) is 21.5. The van der Waals surface area contributed by atoms with Crippen LogP contribution in [0.25, 0.3) is 11.3 Å². The van der Waals surface area contributed by atoms with Crippen molar-refractivity contribution in [2.24, 2.45) is 0 Å². The summed E-state index contributed by atoms with van der Waals surface area (Å²) in [6.45, 7) is 4.41. The predicted octanol–water partition coefficient (Wildman–Crippen LogP) is 4.50. The summed E-state index contributed by atoms with van der Waals surface area (Å²) in [5.74, 6) is 0.842. The van der Waals surface area contributed by atoms with Crippen LogP contribution in [0, 0.1) is 0 Å². The van der Waals surface area contributed by atoms with Gasteiger partial charge in [-0.3, -0.25) is 4.90 Å². The highest BCUT2D eigenvalue weighted by Crippen LogP contribution is 2.25. The monoisotopic (exact) mass is 456 g/mol. The summed E-state index contributed by atoms with van der Waals surface area (Å²) < 4.78 is 5.22. The van der Waals surface area contributed by atoms with Gasteiger partial charge in [-0.1, -0.05) is 23.7 Å². The highest BCUT2D eigenvalue weighted by molar-refractivity contribution is 7.09. The van der Waals surface area contributed by atoms with Gasteiger partial charge in [0, 0.05) is 48.7 Å². The standard InChI is InChI=1S/C23H25ClN4O2S/c1-30-20-8-4-18(5-9-20)21-16-31-22(26-21)15-27-10-12-28(13-11-27)23(29)25-14-17-2-6-19(24)7-3-17/h2-9,16H,10-15H2,1H3,(H,25,29). The number of aromatic nitrogens is 1. The first-order valence-electron chi connectivity index (χ1n) is 10.2. The molecule has 0 bridgehead atoms. The predicted molar refractivity (Wildman–Crippen MR) is 125 cm³/mol. The van der Waals surface area contributed by atoms with Crippen molar-refractivity contribution < 1.29 is 9.53 Å². The van der Waals surface area contributed by atoms with Gasteiger partial charge in [-0.2, -0.15) is 0 Å². The molecule has 0 spiro atoms. The Bertz CT molecular complexity index is 999. The van der Waals surface area contributed by atoms with Crippen LogP contribution in [-0.4, -0.2) is 54.1 Å². The molecule has 1 aromatic heterocycles. The first kappa shape index (κ1) is 21.6. The fraction of sp³-hybridized carbons (Fsp3) is 0.304. The number of methoxy groups -OCH3 is 1. The van der Waals surface area contributed by atoms with E-state index in [0.717, 1.165) is 47.2 Å². The van der Waals surface area contributed by atoms with Gasteiger partial charge >= 0.3 is 6.03 Å². The third-order valence-electron chi connectivity index (χ3n) is 5.31. The van der Waals surface area contributed by atoms with E-state index in [1.807, 2.05) is 53.4 Å². The number of ether oxygens (including phenoxy) is 1. The maximum Gasteiger partial charge on any atom is 0.317 e. The van der Waals surface area contributed by atoms with Crippen molar-refractivity contribution in [2.45, 2.75) is 13.1 Å². The number of amides is 2. The molecule has 8 heteroatoms. The van der Waals surface area contributed by atoms with E-state index in [1.165, 1.54) is 0 Å². The van der Waals surface area contributed by atoms with Crippen molar-refractivity contribution in [1.82, 2.24) is 20.1 Å². The number of benzene rings is 2. The maximum atomic E-state index is 12.5. The average Bonchev–Trinajstić information content (AvgIpc) is 3.27. The molecule has 1 N–H and O–H groups in total. The number of rotatable bonds is 6. The number of carbonyl (C=O) groups is 1. The number of urea groups is 1. The van der Waals surface area contributed by atoms with Crippen LogP contribution in [0.3, 0.4) is 0 Å². The number of hydrogen-bond acceptors (Lipinski definition) is 5. The Balaban J connectivity index is 1.24. The number of piperazine rings is 1. The molecule has 1 fully saturated rings. The average molecular weight is 457 g/mol. The zero-order chi connectivity index (χ0) is 21.6. The molecule has 1 aliphatic rings. The molecule has 3 aromatic rings. The van der Waals surface area contributed by atoms with Gasteiger partial charge in [0.2, 0.25) is 0 Å². The van der Waals surface area contributed by atoms with E-state index in [0.29, 0.717) is 24.7 Å². The lowest BCUT2D eigenvalue weighted by Gasteiger charge is -2.34. The van der Waals surface area contributed by atoms with E-state index in [1.54, 1.807) is 18.4 Å². The normalized spacial score (nSPS) is 14.5. The lowest BCUT2D eigenvalue weighted by Crippen LogP contribution is -2.51. The first-order valence-corrected chi connectivity index (χ1v) is 11.4. The quantitative estimate of drug-likeness (QED) is 0.593. The molecule has 1 saturated heterocycles. The van der Waals surface area contributed by atoms with Crippen LogP contribution < -0.4 is 10.1 Å². The Kier molecular flexibility index (Phi) is 7.06. The Morgan fingerprint density at radius 3 is 2.48 bits per heavy atom. The highest BCUT2D eigenvalue weighted by Gasteiger charge is 2.21. The molecular formula is C23H25ClN4O2S. The SMILES string of the molecule is COc1ccc(-c2csc(CN3CCN(C(=O)NCc4ccc(Cl)cc4)CC3)n2)cc1. The van der Waals surface area contributed by atoms with Crippen molar-refractivity contribution >= 4 is 29.0 Å². The van der Waals surface area contributed by atoms with Crippen LogP contribution >= 0.6 is 22.9 Å². The number of halogens is 1. The summed E-state index contributed by atoms with van der Waals surface area (Å²) >= 11 is 7.58. The van der Waals surface area contributed by atoms with Crippen LogP contribution in [-0.2, 0) is 13.1 Å². The van der Waals surface area contributed by atoms with Crippen molar-refractivity contribution in [3.63, 3.8) is 0 Å². The molecule has 0 atom stereocenters. The number of carbonyl (C=O) groups excluding carboxylic acids is 1. The summed E-state index contributed by atoms with van der Waals surface area (Å²) in [6, 6.07) is 15.4. The van der Waals surface area contributed by atoms with Gasteiger partial charge in [-0.15, -0.1) is 11.3 Å². The zero-order valence-electron chi connectivity index (χ0n) is 17.4. The molecule has 0 unspecified atom stereocenters. The molecular weight excluding hydrogens is 432 g/mol. The smallest absolute Gasteiger partial charge is 0.317 e. The maximum absolute atomic E-state index is 12.5. The molecule has 4 rings (SSSR count). The molecule has 2 amide bonds. The molecule has 0 radical (unpaired) electrons. The molecule has 162 valence electrons. The van der Waals surface area contributed by atoms with E-state index in [-0.39, 0.29) is 6.03 Å². The molecule has 6 nitrogen and oxygen atoms in total. The lowest BCUT2D eigenvalue weighted by molar-refractivity contribution is 0.135. The van der Waals surface area contributed by atoms with Gasteiger partial charge in [0.15, 0.2) is 0 Å². The third-order valence-corrected chi connectivity index (χ3v) is 6.40. The van der Waals surface area contributed by atoms with Gasteiger partial charge < -0.3 is 15.0 Å². The van der Waals surface area contributed by atoms with Crippen molar-refractivity contribution in [3.05, 3.63) is 69.5 Å². The minimum absolute atomic E-state index is 0.0226. The van der Waals surface area contributed by atoms with Crippen LogP contribution in [0.1, 0.15) is 10.6 Å². The number of nitrogens with one attached hydrogen (secondary N) is 1. The van der Waals surface area contributed by atoms with Crippen LogP contribution in [0.5, 0.6) is 5.75 Å². The Hall–Kier alpha value is -2.61. The lowest BCUT2D eigenvalue weighted by atomic mass is 10.2. The molecule has 0 aliphatic carbocycles. The van der Waals surface area contributed by atoms with E-state index >= 15 is 0 Å². The minimum Gasteiger partial charge on any atom is -0.497 e. The highest BCUT2D eigenvalue weighted by atomic mass is 35.5. The number of nitrogens with zero attached hydrogens (tertiary/aromatic N) is 3. The Labute approximate surface area is 191 Å². The molecule has 1 aliphatic heterocycles. The second kappa shape index (κ2) is 10.1. The summed E-state index contributed by atoms with van der Waals surface area (Å²) in [6.07, 6.45) is 0. The van der Waals surface area contributed by atoms with Crippen LogP contribution in [0.4, 0.5) is 4.79 Å². The van der Waals surface area contributed by atoms with Gasteiger partial charge in [0.1, 0.15) is 10.8 Å². The topological polar surface area (TPSA) is 57.7 Å². The second-order valence-corrected chi connectivity index (χ2v) is 8.78. The zero-order valence-corrected chi connectivity index (χ0v) is 19.0. The third kappa shape index (κ3) is 5.76. The van der Waals surface area contributed by atoms with Crippen LogP contribution in [0.2, 0.25) is 5.02 Å². The summed E-state index contributed by atoms with van der Waals surface area (Å²) in [7, 11) is 1.67. The molecule has 2 aromatic carbocycles. The van der Waals surface area contributed by atoms with Gasteiger partial charge in [0.05, 0.1) is 19.3 Å². The van der Waals surface area contributed by atoms with E-state index in [4.69, 9.17) is 21.3 Å².